The molecule has 0 radical (unpaired) electrons. The second-order valence-electron chi connectivity index (χ2n) is 6.37. The minimum Gasteiger partial charge on any atom is -0.356 e. The molecule has 0 aliphatic carbocycles. The van der Waals surface area contributed by atoms with Gasteiger partial charge >= 0.3 is 0 Å². The number of nitrogens with one attached hydrogen (secondary N) is 2. The first-order valence-electron chi connectivity index (χ1n) is 9.22. The highest BCUT2D eigenvalue weighted by atomic mass is 127. The summed E-state index contributed by atoms with van der Waals surface area (Å²) in [5.74, 6) is 1.09. The Morgan fingerprint density at radius 2 is 1.61 bits per heavy atom. The molecule has 0 aliphatic heterocycles. The van der Waals surface area contributed by atoms with Gasteiger partial charge in [0.15, 0.2) is 5.96 Å². The topological polar surface area (TPSA) is 49.3 Å². The molecule has 0 saturated carbocycles. The zero-order valence-corrected chi connectivity index (χ0v) is 19.4. The lowest BCUT2D eigenvalue weighted by Gasteiger charge is -2.20. The lowest BCUT2D eigenvalue weighted by Crippen LogP contribution is -2.40. The van der Waals surface area contributed by atoms with Gasteiger partial charge in [0.1, 0.15) is 0 Å². The number of rotatable bonds is 7. The fraction of sp³-hybridized carbons (Fsp3) is 0.273. The molecule has 0 unspecified atom stereocenters. The van der Waals surface area contributed by atoms with Crippen LogP contribution in [0.2, 0.25) is 0 Å². The fourth-order valence-electron chi connectivity index (χ4n) is 3.02. The highest BCUT2D eigenvalue weighted by Gasteiger charge is 2.14. The summed E-state index contributed by atoms with van der Waals surface area (Å²) in [5, 5.41) is 8.03. The molecule has 0 bridgehead atoms. The van der Waals surface area contributed by atoms with Crippen LogP contribution < -0.4 is 10.6 Å². The average Bonchev–Trinajstić information content (AvgIpc) is 3.13. The van der Waals surface area contributed by atoms with E-state index in [0.29, 0.717) is 0 Å². The Balaban J connectivity index is 0.00000280. The van der Waals surface area contributed by atoms with Crippen LogP contribution >= 0.6 is 35.3 Å². The van der Waals surface area contributed by atoms with Crippen LogP contribution in [0.15, 0.2) is 71.9 Å². The third-order valence-electron chi connectivity index (χ3n) is 4.40. The summed E-state index contributed by atoms with van der Waals surface area (Å²) in [6.07, 6.45) is 2.83. The van der Waals surface area contributed by atoms with Crippen molar-refractivity contribution in [2.24, 2.45) is 4.99 Å². The van der Waals surface area contributed by atoms with Crippen LogP contribution in [0.25, 0.3) is 0 Å². The van der Waals surface area contributed by atoms with Gasteiger partial charge in [0.05, 0.1) is 5.01 Å². The normalized spacial score (nSPS) is 11.2. The van der Waals surface area contributed by atoms with E-state index in [0.717, 1.165) is 30.5 Å². The van der Waals surface area contributed by atoms with Crippen molar-refractivity contribution in [3.63, 3.8) is 0 Å². The van der Waals surface area contributed by atoms with Gasteiger partial charge in [0, 0.05) is 43.5 Å². The van der Waals surface area contributed by atoms with Crippen molar-refractivity contribution in [1.29, 1.82) is 0 Å². The van der Waals surface area contributed by atoms with E-state index in [1.54, 1.807) is 11.3 Å². The molecule has 3 rings (SSSR count). The standard InChI is InChI=1S/C22H26N4S.HI/c1-17-15-25-21(27-17)13-14-24-22(23-2)26-16-20(18-9-5-3-6-10-18)19-11-7-4-8-12-19;/h3-12,15,20H,13-14,16H2,1-2H3,(H2,23,24,26);1H. The molecular weight excluding hydrogens is 479 g/mol. The number of aromatic nitrogens is 1. The average molecular weight is 506 g/mol. The Kier molecular flexibility index (Phi) is 9.43. The summed E-state index contributed by atoms with van der Waals surface area (Å²) in [6, 6.07) is 21.2. The van der Waals surface area contributed by atoms with Crippen LogP contribution in [0.1, 0.15) is 26.9 Å². The van der Waals surface area contributed by atoms with Crippen molar-refractivity contribution in [2.75, 3.05) is 20.1 Å². The van der Waals surface area contributed by atoms with Gasteiger partial charge in [-0.05, 0) is 18.1 Å². The molecule has 1 heterocycles. The summed E-state index contributed by atoms with van der Waals surface area (Å²) < 4.78 is 0. The first kappa shape index (κ1) is 22.4. The number of guanidine groups is 1. The number of nitrogens with zero attached hydrogens (tertiary/aromatic N) is 2. The number of hydrogen-bond donors (Lipinski definition) is 2. The second kappa shape index (κ2) is 11.8. The van der Waals surface area contributed by atoms with Gasteiger partial charge in [0.25, 0.3) is 0 Å². The maximum absolute atomic E-state index is 4.41. The van der Waals surface area contributed by atoms with Crippen LogP contribution in [0, 0.1) is 6.92 Å². The molecule has 0 atom stereocenters. The third-order valence-corrected chi connectivity index (χ3v) is 5.37. The molecule has 0 spiro atoms. The molecule has 0 aliphatic rings. The molecule has 3 aromatic rings. The number of benzene rings is 2. The number of aliphatic imine (C=N–C) groups is 1. The largest absolute Gasteiger partial charge is 0.356 e. The molecule has 2 aromatic carbocycles. The van der Waals surface area contributed by atoms with Gasteiger partial charge in [0.2, 0.25) is 0 Å². The van der Waals surface area contributed by atoms with E-state index >= 15 is 0 Å². The predicted molar refractivity (Wildman–Crippen MR) is 130 cm³/mol. The summed E-state index contributed by atoms with van der Waals surface area (Å²) in [5.41, 5.74) is 2.59. The first-order chi connectivity index (χ1) is 13.3. The van der Waals surface area contributed by atoms with Crippen molar-refractivity contribution in [1.82, 2.24) is 15.6 Å². The van der Waals surface area contributed by atoms with Crippen LogP contribution in [0.5, 0.6) is 0 Å². The zero-order valence-electron chi connectivity index (χ0n) is 16.3. The minimum absolute atomic E-state index is 0. The predicted octanol–water partition coefficient (Wildman–Crippen LogP) is 4.61. The van der Waals surface area contributed by atoms with E-state index in [1.165, 1.54) is 16.0 Å². The Labute approximate surface area is 188 Å². The second-order valence-corrected chi connectivity index (χ2v) is 7.69. The van der Waals surface area contributed by atoms with Crippen molar-refractivity contribution in [3.05, 3.63) is 87.9 Å². The van der Waals surface area contributed by atoms with Crippen molar-refractivity contribution in [2.45, 2.75) is 19.3 Å². The van der Waals surface area contributed by atoms with Gasteiger partial charge in [-0.25, -0.2) is 4.98 Å². The first-order valence-corrected chi connectivity index (χ1v) is 10.0. The SMILES string of the molecule is CN=C(NCCc1ncc(C)s1)NCC(c1ccccc1)c1ccccc1.I. The maximum Gasteiger partial charge on any atom is 0.191 e. The van der Waals surface area contributed by atoms with Crippen LogP contribution in [-0.4, -0.2) is 31.1 Å². The fourth-order valence-corrected chi connectivity index (χ4v) is 3.81. The highest BCUT2D eigenvalue weighted by Crippen LogP contribution is 2.23. The van der Waals surface area contributed by atoms with Gasteiger partial charge in [-0.3, -0.25) is 4.99 Å². The monoisotopic (exact) mass is 506 g/mol. The molecule has 0 amide bonds. The van der Waals surface area contributed by atoms with Crippen molar-refractivity contribution >= 4 is 41.3 Å². The van der Waals surface area contributed by atoms with E-state index < -0.39 is 0 Å². The number of thiazole rings is 1. The van der Waals surface area contributed by atoms with Crippen LogP contribution in [0.3, 0.4) is 0 Å². The van der Waals surface area contributed by atoms with Crippen LogP contribution in [-0.2, 0) is 6.42 Å². The lowest BCUT2D eigenvalue weighted by molar-refractivity contribution is 0.725. The zero-order chi connectivity index (χ0) is 18.9. The highest BCUT2D eigenvalue weighted by molar-refractivity contribution is 14.0. The van der Waals surface area contributed by atoms with Crippen molar-refractivity contribution < 1.29 is 0 Å². The summed E-state index contributed by atoms with van der Waals surface area (Å²) >= 11 is 1.75. The molecular formula is C22H27IN4S. The van der Waals surface area contributed by atoms with E-state index in [2.05, 4.69) is 88.2 Å². The maximum atomic E-state index is 4.41. The molecule has 0 fully saturated rings. The van der Waals surface area contributed by atoms with Crippen molar-refractivity contribution in [3.8, 4) is 0 Å². The smallest absolute Gasteiger partial charge is 0.191 e. The van der Waals surface area contributed by atoms with Gasteiger partial charge in [-0.1, -0.05) is 60.7 Å². The quantitative estimate of drug-likeness (QED) is 0.280. The number of hydrogen-bond acceptors (Lipinski definition) is 3. The van der Waals surface area contributed by atoms with E-state index in [1.807, 2.05) is 13.2 Å². The molecule has 6 heteroatoms. The Hall–Kier alpha value is -1.93. The van der Waals surface area contributed by atoms with E-state index in [4.69, 9.17) is 0 Å². The molecule has 2 N–H and O–H groups in total. The van der Waals surface area contributed by atoms with E-state index in [-0.39, 0.29) is 29.9 Å². The number of aryl methyl sites for hydroxylation is 1. The molecule has 148 valence electrons. The molecule has 4 nitrogen and oxygen atoms in total. The van der Waals surface area contributed by atoms with Gasteiger partial charge in [-0.2, -0.15) is 0 Å². The number of halogens is 1. The summed E-state index contributed by atoms with van der Waals surface area (Å²) in [4.78, 5) is 10.0. The van der Waals surface area contributed by atoms with Gasteiger partial charge in [-0.15, -0.1) is 35.3 Å². The Bertz CT molecular complexity index is 810. The van der Waals surface area contributed by atoms with E-state index in [9.17, 15) is 0 Å². The lowest BCUT2D eigenvalue weighted by atomic mass is 9.91. The Morgan fingerprint density at radius 3 is 2.11 bits per heavy atom. The molecule has 0 saturated heterocycles. The third kappa shape index (κ3) is 6.60. The minimum atomic E-state index is 0. The van der Waals surface area contributed by atoms with Gasteiger partial charge < -0.3 is 10.6 Å². The summed E-state index contributed by atoms with van der Waals surface area (Å²) in [7, 11) is 1.81. The molecule has 1 aromatic heterocycles. The molecule has 28 heavy (non-hydrogen) atoms. The Morgan fingerprint density at radius 1 is 1.00 bits per heavy atom. The van der Waals surface area contributed by atoms with Crippen LogP contribution in [0.4, 0.5) is 0 Å². The summed E-state index contributed by atoms with van der Waals surface area (Å²) in [6.45, 7) is 3.68.